The van der Waals surface area contributed by atoms with Crippen LogP contribution in [-0.4, -0.2) is 121 Å². The molecule has 0 aliphatic heterocycles. The molecule has 2 aromatic heterocycles. The van der Waals surface area contributed by atoms with E-state index < -0.39 is 79.1 Å². The molecular formula is C51H49ClN12O18S7. The van der Waals surface area contributed by atoms with Crippen molar-refractivity contribution in [3.05, 3.63) is 105 Å². The number of nitrogens with zero attached hydrogens (tertiary/aromatic N) is 12. The number of aromatic hydroxyl groups is 1. The van der Waals surface area contributed by atoms with E-state index >= 15 is 0 Å². The van der Waals surface area contributed by atoms with E-state index in [9.17, 15) is 67.5 Å². The van der Waals surface area contributed by atoms with Gasteiger partial charge in [-0.25, -0.2) is 4.98 Å². The van der Waals surface area contributed by atoms with Gasteiger partial charge in [-0.05, 0) is 136 Å². The van der Waals surface area contributed by atoms with E-state index in [0.29, 0.717) is 48.6 Å². The van der Waals surface area contributed by atoms with E-state index in [4.69, 9.17) is 33.7 Å². The van der Waals surface area contributed by atoms with Gasteiger partial charge in [0.2, 0.25) is 5.88 Å². The lowest BCUT2D eigenvalue weighted by atomic mass is 10.1. The molecule has 0 spiro atoms. The number of aromatic nitrogens is 2. The number of rotatable bonds is 25. The summed E-state index contributed by atoms with van der Waals surface area (Å²) in [5.74, 6) is -2.23. The Morgan fingerprint density at radius 3 is 1.56 bits per heavy atom. The Morgan fingerprint density at radius 1 is 0.607 bits per heavy atom. The summed E-state index contributed by atoms with van der Waals surface area (Å²) in [6.45, 7) is 6.25. The highest BCUT2D eigenvalue weighted by atomic mass is 35.5. The summed E-state index contributed by atoms with van der Waals surface area (Å²) < 4.78 is 170. The van der Waals surface area contributed by atoms with Crippen molar-refractivity contribution >= 4 is 148 Å². The second-order valence-electron chi connectivity index (χ2n) is 18.6. The SMILES string of the molecule is COc1ccc2c(nc3c(C#N)c(C)c(N=Nc4cc(C)c(N=Nc5cc(C)c(N=Nc6cc(C)c(N=Nc7ccc(Cl)cc7C#N)cc6SCCCS(=O)(=O)O)cc5SCCCS(=O)(=O)O)cc4OCCCS(=O)(=O)O)c(O)n32)c1S(=O)(=O)O.O=S(=O)=O. The van der Waals surface area contributed by atoms with Crippen LogP contribution in [0, 0.1) is 50.4 Å². The van der Waals surface area contributed by atoms with Gasteiger partial charge in [0.25, 0.3) is 40.5 Å². The third-order valence-electron chi connectivity index (χ3n) is 12.1. The Morgan fingerprint density at radius 2 is 1.08 bits per heavy atom. The molecule has 0 aliphatic rings. The molecule has 5 aromatic carbocycles. The summed E-state index contributed by atoms with van der Waals surface area (Å²) in [5, 5.41) is 67.4. The van der Waals surface area contributed by atoms with Crippen LogP contribution in [0.1, 0.15) is 52.6 Å². The maximum absolute atomic E-state index is 12.5. The highest BCUT2D eigenvalue weighted by Gasteiger charge is 2.28. The average Bonchev–Trinajstić information content (AvgIpc) is 1.60. The molecule has 0 saturated heterocycles. The quantitative estimate of drug-likeness (QED) is 0.0154. The number of pyridine rings is 1. The molecule has 7 rings (SSSR count). The van der Waals surface area contributed by atoms with E-state index in [-0.39, 0.29) is 111 Å². The van der Waals surface area contributed by atoms with E-state index in [1.807, 2.05) is 12.1 Å². The fourth-order valence-electron chi connectivity index (χ4n) is 7.98. The summed E-state index contributed by atoms with van der Waals surface area (Å²) in [5.41, 5.74) is 2.62. The van der Waals surface area contributed by atoms with Gasteiger partial charge in [0.05, 0.1) is 70.5 Å². The molecule has 7 aromatic rings. The molecule has 38 heteroatoms. The summed E-state index contributed by atoms with van der Waals surface area (Å²) in [6.07, 6.45) is -0.0724. The summed E-state index contributed by atoms with van der Waals surface area (Å²) in [7, 11) is -19.8. The van der Waals surface area contributed by atoms with Crippen molar-refractivity contribution in [2.75, 3.05) is 42.5 Å². The molecule has 30 nitrogen and oxygen atoms in total. The largest absolute Gasteiger partial charge is 0.495 e. The van der Waals surface area contributed by atoms with Crippen LogP contribution in [-0.2, 0) is 51.1 Å². The normalized spacial score (nSPS) is 12.3. The molecule has 0 radical (unpaired) electrons. The van der Waals surface area contributed by atoms with Crippen LogP contribution in [0.4, 0.5) is 45.5 Å². The summed E-state index contributed by atoms with van der Waals surface area (Å²) in [4.78, 5) is 4.53. The van der Waals surface area contributed by atoms with Crippen LogP contribution in [0.2, 0.25) is 5.02 Å². The number of thioether (sulfide) groups is 2. The molecule has 0 fully saturated rings. The number of nitriles is 2. The van der Waals surface area contributed by atoms with Gasteiger partial charge >= 0.3 is 10.6 Å². The second kappa shape index (κ2) is 30.1. The standard InChI is InChI=1S/C51H49ClN12O15S6.O3S/c1-28-19-39(60-63-47-31(4)34(27-54)50-55-48-42(64(50)51(47)65)11-12-43(78-5)49(48)85(75,76)77)44(79-13-6-16-82(66,67)68)23-36(28)57-61-40-21-30(3)38(25-46(40)81-15-8-18-84(72,73)74)59-62-41-20-29(2)37(24-45(41)80-14-7-17-83(69,70)71)58-56-35-10-9-33(52)22-32(35)26-53;1-4(2)3/h9-12,19-25,65H,6-8,13-18H2,1-5H3,(H,66,67,68)(H,69,70,71)(H,72,73,74)(H,75,76,77);. The second-order valence-corrected chi connectivity index (χ2v) is 27.7. The van der Waals surface area contributed by atoms with Gasteiger partial charge in [0, 0.05) is 26.4 Å². The van der Waals surface area contributed by atoms with Crippen molar-refractivity contribution in [2.45, 2.75) is 61.6 Å². The number of hydrogen-bond acceptors (Lipinski definition) is 27. The first-order chi connectivity index (χ1) is 41.7. The summed E-state index contributed by atoms with van der Waals surface area (Å²) >= 11 is 8.45. The van der Waals surface area contributed by atoms with E-state index in [0.717, 1.165) is 4.40 Å². The minimum atomic E-state index is -4.96. The number of benzene rings is 5. The fourth-order valence-corrected chi connectivity index (χ4v) is 12.7. The molecule has 0 atom stereocenters. The molecule has 0 bridgehead atoms. The highest BCUT2D eigenvalue weighted by molar-refractivity contribution is 7.99. The Bertz CT molecular complexity index is 4740. The van der Waals surface area contributed by atoms with E-state index in [2.05, 4.69) is 45.9 Å². The smallest absolute Gasteiger partial charge is 0.425 e. The topological polar surface area (TPSA) is 471 Å². The Balaban J connectivity index is 0.00000306. The molecule has 89 heavy (non-hydrogen) atoms. The Kier molecular flexibility index (Phi) is 23.7. The zero-order valence-electron chi connectivity index (χ0n) is 46.9. The van der Waals surface area contributed by atoms with Gasteiger partial charge in [-0.15, -0.1) is 61.7 Å². The van der Waals surface area contributed by atoms with Gasteiger partial charge in [-0.2, -0.15) is 59.5 Å². The minimum Gasteiger partial charge on any atom is -0.495 e. The van der Waals surface area contributed by atoms with Gasteiger partial charge < -0.3 is 14.6 Å². The molecule has 0 amide bonds. The Hall–Kier alpha value is -7.92. The highest BCUT2D eigenvalue weighted by Crippen LogP contribution is 2.45. The molecule has 470 valence electrons. The van der Waals surface area contributed by atoms with Crippen molar-refractivity contribution in [2.24, 2.45) is 40.9 Å². The van der Waals surface area contributed by atoms with Crippen molar-refractivity contribution in [1.29, 1.82) is 10.5 Å². The average molecular weight is 1380 g/mol. The number of aryl methyl sites for hydroxylation is 3. The molecule has 2 heterocycles. The van der Waals surface area contributed by atoms with E-state index in [1.165, 1.54) is 67.9 Å². The van der Waals surface area contributed by atoms with Crippen LogP contribution in [0.5, 0.6) is 17.4 Å². The third-order valence-corrected chi connectivity index (χ3v) is 17.9. The van der Waals surface area contributed by atoms with Crippen molar-refractivity contribution in [1.82, 2.24) is 9.38 Å². The zero-order chi connectivity index (χ0) is 65.8. The van der Waals surface area contributed by atoms with E-state index in [1.54, 1.807) is 57.2 Å². The number of halogens is 1. The molecule has 0 aliphatic carbocycles. The number of methoxy groups -OCH3 is 1. The van der Waals surface area contributed by atoms with Crippen molar-refractivity contribution < 1.29 is 79.1 Å². The first kappa shape index (κ1) is 70.2. The lowest BCUT2D eigenvalue weighted by Gasteiger charge is -2.12. The number of imidazole rings is 1. The maximum Gasteiger partial charge on any atom is 0.425 e. The molecule has 5 N–H and O–H groups in total. The number of ether oxygens (including phenoxy) is 2. The number of hydrogen-bond donors (Lipinski definition) is 5. The first-order valence-corrected chi connectivity index (χ1v) is 34.8. The third kappa shape index (κ3) is 19.5. The molecule has 0 saturated carbocycles. The number of fused-ring (bicyclic) bond motifs is 3. The van der Waals surface area contributed by atoms with Crippen molar-refractivity contribution in [3.63, 3.8) is 0 Å². The van der Waals surface area contributed by atoms with Crippen LogP contribution < -0.4 is 9.47 Å². The van der Waals surface area contributed by atoms with Crippen LogP contribution in [0.3, 0.4) is 0 Å². The predicted molar refractivity (Wildman–Crippen MR) is 326 cm³/mol. The minimum absolute atomic E-state index is 0.00347. The van der Waals surface area contributed by atoms with Crippen LogP contribution in [0.15, 0.2) is 122 Å². The lowest BCUT2D eigenvalue weighted by Crippen LogP contribution is -2.08. The Labute approximate surface area is 523 Å². The molecule has 0 unspecified atom stereocenters. The lowest BCUT2D eigenvalue weighted by molar-refractivity contribution is 0.317. The number of azo groups is 4. The van der Waals surface area contributed by atoms with Gasteiger partial charge in [0.15, 0.2) is 16.2 Å². The zero-order valence-corrected chi connectivity index (χ0v) is 53.3. The summed E-state index contributed by atoms with van der Waals surface area (Å²) in [6, 6.07) is 20.6. The van der Waals surface area contributed by atoms with Gasteiger partial charge in [-0.3, -0.25) is 22.6 Å². The van der Waals surface area contributed by atoms with Gasteiger partial charge in [-0.1, -0.05) is 11.6 Å². The van der Waals surface area contributed by atoms with Gasteiger partial charge in [0.1, 0.15) is 46.1 Å². The predicted octanol–water partition coefficient (Wildman–Crippen LogP) is 12.1. The monoisotopic (exact) mass is 1380 g/mol. The van der Waals surface area contributed by atoms with Crippen LogP contribution >= 0.6 is 35.1 Å². The van der Waals surface area contributed by atoms with Crippen LogP contribution in [0.25, 0.3) is 16.7 Å². The van der Waals surface area contributed by atoms with Crippen molar-refractivity contribution in [3.8, 4) is 29.5 Å². The first-order valence-electron chi connectivity index (χ1n) is 25.2. The maximum atomic E-state index is 12.5. The molecular weight excluding hydrogens is 1330 g/mol. The fraction of sp³-hybridized carbons (Fsp3) is 0.275.